The molecule has 212 valence electrons. The first kappa shape index (κ1) is 31.5. The van der Waals surface area contributed by atoms with Crippen molar-refractivity contribution < 1.29 is 38.1 Å². The minimum atomic E-state index is -1.57. The number of esters is 4. The normalized spacial score (nSPS) is 13.4. The lowest BCUT2D eigenvalue weighted by molar-refractivity contribution is -0.148. The molecule has 2 rings (SSSR count). The van der Waals surface area contributed by atoms with E-state index in [4.69, 9.17) is 24.7 Å². The highest BCUT2D eigenvalue weighted by Crippen LogP contribution is 2.32. The van der Waals surface area contributed by atoms with Gasteiger partial charge in [0.1, 0.15) is 11.6 Å². The second-order valence-electron chi connectivity index (χ2n) is 10.5. The summed E-state index contributed by atoms with van der Waals surface area (Å²) in [5, 5.41) is 0. The first-order valence-electron chi connectivity index (χ1n) is 13.0. The Hall–Kier alpha value is -3.72. The lowest BCUT2D eigenvalue weighted by atomic mass is 9.86. The zero-order valence-electron chi connectivity index (χ0n) is 23.5. The Morgan fingerprint density at radius 1 is 0.821 bits per heavy atom. The molecule has 0 saturated carbocycles. The summed E-state index contributed by atoms with van der Waals surface area (Å²) in [7, 11) is 1.22. The van der Waals surface area contributed by atoms with E-state index in [-0.39, 0.29) is 49.0 Å². The van der Waals surface area contributed by atoms with Crippen molar-refractivity contribution in [2.45, 2.75) is 71.9 Å². The Kier molecular flexibility index (Phi) is 11.7. The molecule has 0 saturated heterocycles. The molecule has 9 heteroatoms. The first-order chi connectivity index (χ1) is 18.3. The van der Waals surface area contributed by atoms with Crippen molar-refractivity contribution >= 4 is 23.9 Å². The molecule has 2 atom stereocenters. The average molecular weight is 542 g/mol. The summed E-state index contributed by atoms with van der Waals surface area (Å²) in [4.78, 5) is 50.0. The Morgan fingerprint density at radius 3 is 1.92 bits per heavy atom. The summed E-state index contributed by atoms with van der Waals surface area (Å²) in [5.41, 5.74) is 5.87. The smallest absolute Gasteiger partial charge is 0.338 e. The van der Waals surface area contributed by atoms with E-state index >= 15 is 0 Å². The summed E-state index contributed by atoms with van der Waals surface area (Å²) < 4.78 is 21.5. The topological polar surface area (TPSA) is 131 Å². The van der Waals surface area contributed by atoms with Crippen LogP contribution in [0.25, 0.3) is 0 Å². The molecular weight excluding hydrogens is 502 g/mol. The lowest BCUT2D eigenvalue weighted by Gasteiger charge is -2.29. The van der Waals surface area contributed by atoms with Gasteiger partial charge in [-0.05, 0) is 48.6 Å². The number of hydrogen-bond acceptors (Lipinski definition) is 9. The number of carbonyl (C=O) groups is 4. The van der Waals surface area contributed by atoms with E-state index in [0.29, 0.717) is 11.1 Å². The van der Waals surface area contributed by atoms with Gasteiger partial charge in [0, 0.05) is 25.7 Å². The van der Waals surface area contributed by atoms with E-state index in [1.54, 1.807) is 43.3 Å². The Labute approximate surface area is 229 Å². The van der Waals surface area contributed by atoms with Gasteiger partial charge in [-0.1, -0.05) is 52.0 Å². The number of methoxy groups -OCH3 is 1. The summed E-state index contributed by atoms with van der Waals surface area (Å²) >= 11 is 0. The van der Waals surface area contributed by atoms with Crippen molar-refractivity contribution in [1.82, 2.24) is 0 Å². The van der Waals surface area contributed by atoms with Gasteiger partial charge in [-0.2, -0.15) is 0 Å². The van der Waals surface area contributed by atoms with Gasteiger partial charge in [-0.3, -0.25) is 14.4 Å². The number of hydrogen-bond donors (Lipinski definition) is 1. The van der Waals surface area contributed by atoms with Gasteiger partial charge in [0.25, 0.3) is 0 Å². The average Bonchev–Trinajstić information content (AvgIpc) is 2.84. The molecular formula is C30H39NO8. The van der Waals surface area contributed by atoms with E-state index in [2.05, 4.69) is 0 Å². The highest BCUT2D eigenvalue weighted by molar-refractivity contribution is 5.89. The predicted octanol–water partition coefficient (Wildman–Crippen LogP) is 4.64. The van der Waals surface area contributed by atoms with Crippen molar-refractivity contribution in [2.75, 3.05) is 7.11 Å². The maximum atomic E-state index is 12.8. The fourth-order valence-electron chi connectivity index (χ4n) is 4.00. The zero-order chi connectivity index (χ0) is 29.2. The van der Waals surface area contributed by atoms with Gasteiger partial charge in [-0.15, -0.1) is 0 Å². The highest BCUT2D eigenvalue weighted by atomic mass is 16.6. The van der Waals surface area contributed by atoms with Crippen LogP contribution in [0.2, 0.25) is 0 Å². The number of nitrogens with two attached hydrogens (primary N) is 1. The van der Waals surface area contributed by atoms with Gasteiger partial charge >= 0.3 is 23.9 Å². The molecule has 39 heavy (non-hydrogen) atoms. The van der Waals surface area contributed by atoms with Gasteiger partial charge in [0.15, 0.2) is 11.5 Å². The van der Waals surface area contributed by atoms with Gasteiger partial charge in [-0.25, -0.2) is 4.79 Å². The molecule has 2 N–H and O–H groups in total. The number of carbonyl (C=O) groups excluding carboxylic acids is 4. The number of rotatable bonds is 13. The van der Waals surface area contributed by atoms with Crippen LogP contribution in [0.15, 0.2) is 48.5 Å². The van der Waals surface area contributed by atoms with Crippen LogP contribution in [-0.4, -0.2) is 42.6 Å². The largest absolute Gasteiger partial charge is 0.468 e. The van der Waals surface area contributed by atoms with Crippen molar-refractivity contribution in [3.8, 4) is 11.5 Å². The van der Waals surface area contributed by atoms with Crippen LogP contribution in [0.5, 0.6) is 11.5 Å². The van der Waals surface area contributed by atoms with Crippen LogP contribution < -0.4 is 15.2 Å². The molecule has 2 aromatic rings. The van der Waals surface area contributed by atoms with Crippen LogP contribution in [0.4, 0.5) is 0 Å². The summed E-state index contributed by atoms with van der Waals surface area (Å²) in [6.07, 6.45) is -0.430. The summed E-state index contributed by atoms with van der Waals surface area (Å²) in [6, 6.07) is 13.1. The molecule has 0 aliphatic rings. The third kappa shape index (κ3) is 10.2. The Bertz CT molecular complexity index is 1140. The quantitative estimate of drug-likeness (QED) is 0.285. The van der Waals surface area contributed by atoms with E-state index in [1.807, 2.05) is 27.7 Å². The van der Waals surface area contributed by atoms with Crippen LogP contribution >= 0.6 is 0 Å². The third-order valence-corrected chi connectivity index (χ3v) is 5.69. The van der Waals surface area contributed by atoms with Crippen LogP contribution in [-0.2, 0) is 30.3 Å². The highest BCUT2D eigenvalue weighted by Gasteiger charge is 2.38. The standard InChI is InChI=1S/C30H39NO8/c1-19(2)14-26(32)38-24-13-12-22(16-25(24)39-27(33)15-20(3)4)18-30(31,29(35)36-6)17-21(5)37-28(34)23-10-8-7-9-11-23/h7-13,16,19-21H,14-15,17-18,31H2,1-6H3/t21?,30-/m1/s1. The fraction of sp³-hybridized carbons (Fsp3) is 0.467. The molecule has 0 aromatic heterocycles. The van der Waals surface area contributed by atoms with Crippen LogP contribution in [0, 0.1) is 11.8 Å². The minimum absolute atomic E-state index is 0.0259. The summed E-state index contributed by atoms with van der Waals surface area (Å²) in [6.45, 7) is 9.18. The van der Waals surface area contributed by atoms with Gasteiger partial charge < -0.3 is 24.7 Å². The minimum Gasteiger partial charge on any atom is -0.468 e. The molecule has 0 aliphatic heterocycles. The predicted molar refractivity (Wildman–Crippen MR) is 145 cm³/mol. The zero-order valence-corrected chi connectivity index (χ0v) is 23.5. The molecule has 0 heterocycles. The van der Waals surface area contributed by atoms with E-state index in [1.165, 1.54) is 19.2 Å². The van der Waals surface area contributed by atoms with Gasteiger partial charge in [0.05, 0.1) is 12.7 Å². The molecule has 0 bridgehead atoms. The van der Waals surface area contributed by atoms with Crippen molar-refractivity contribution in [3.05, 3.63) is 59.7 Å². The SMILES string of the molecule is COC(=O)[C@](N)(Cc1ccc(OC(=O)CC(C)C)c(OC(=O)CC(C)C)c1)CC(C)OC(=O)c1ccccc1. The Balaban J connectivity index is 2.30. The molecule has 0 radical (unpaired) electrons. The molecule has 0 aliphatic carbocycles. The molecule has 2 aromatic carbocycles. The van der Waals surface area contributed by atoms with Crippen molar-refractivity contribution in [2.24, 2.45) is 17.6 Å². The molecule has 0 amide bonds. The first-order valence-corrected chi connectivity index (χ1v) is 13.0. The molecule has 0 spiro atoms. The monoisotopic (exact) mass is 541 g/mol. The maximum Gasteiger partial charge on any atom is 0.338 e. The van der Waals surface area contributed by atoms with E-state index < -0.39 is 35.5 Å². The second-order valence-corrected chi connectivity index (χ2v) is 10.5. The molecule has 9 nitrogen and oxygen atoms in total. The van der Waals surface area contributed by atoms with Crippen molar-refractivity contribution in [1.29, 1.82) is 0 Å². The van der Waals surface area contributed by atoms with E-state index in [0.717, 1.165) is 0 Å². The molecule has 1 unspecified atom stereocenters. The van der Waals surface area contributed by atoms with Gasteiger partial charge in [0.2, 0.25) is 0 Å². The maximum absolute atomic E-state index is 12.8. The number of ether oxygens (including phenoxy) is 4. The Morgan fingerprint density at radius 2 is 1.38 bits per heavy atom. The fourth-order valence-corrected chi connectivity index (χ4v) is 4.00. The van der Waals surface area contributed by atoms with Crippen LogP contribution in [0.3, 0.4) is 0 Å². The third-order valence-electron chi connectivity index (χ3n) is 5.69. The number of benzene rings is 2. The van der Waals surface area contributed by atoms with Crippen molar-refractivity contribution in [3.63, 3.8) is 0 Å². The van der Waals surface area contributed by atoms with E-state index in [9.17, 15) is 19.2 Å². The lowest BCUT2D eigenvalue weighted by Crippen LogP contribution is -2.53. The second kappa shape index (κ2) is 14.4. The summed E-state index contributed by atoms with van der Waals surface area (Å²) in [5.74, 6) is -1.91. The van der Waals surface area contributed by atoms with Crippen LogP contribution in [0.1, 0.15) is 69.8 Å². The molecule has 0 fully saturated rings.